The molecule has 0 aliphatic heterocycles. The Bertz CT molecular complexity index is 938. The van der Waals surface area contributed by atoms with Crippen molar-refractivity contribution in [2.45, 2.75) is 0 Å². The summed E-state index contributed by atoms with van der Waals surface area (Å²) < 4.78 is 8.26. The first-order valence-corrected chi connectivity index (χ1v) is 7.20. The van der Waals surface area contributed by atoms with Gasteiger partial charge in [-0.25, -0.2) is 0 Å². The Morgan fingerprint density at radius 2 is 2.19 bits per heavy atom. The minimum absolute atomic E-state index is 0.509. The van der Waals surface area contributed by atoms with E-state index in [1.54, 1.807) is 29.9 Å². The minimum atomic E-state index is 0.509. The summed E-state index contributed by atoms with van der Waals surface area (Å²) in [5.74, 6) is 0.509. The van der Waals surface area contributed by atoms with Crippen LogP contribution in [0, 0.1) is 16.1 Å². The molecule has 21 heavy (non-hydrogen) atoms. The van der Waals surface area contributed by atoms with Crippen molar-refractivity contribution in [1.29, 1.82) is 5.26 Å². The molecule has 3 rings (SSSR count). The zero-order valence-electron chi connectivity index (χ0n) is 10.9. The zero-order chi connectivity index (χ0) is 15.0. The van der Waals surface area contributed by atoms with Gasteiger partial charge in [0.1, 0.15) is 0 Å². The van der Waals surface area contributed by atoms with Gasteiger partial charge in [-0.05, 0) is 52.4 Å². The van der Waals surface area contributed by atoms with Crippen LogP contribution in [0.4, 0.5) is 0 Å². The third-order valence-electron chi connectivity index (χ3n) is 3.03. The maximum atomic E-state index is 8.94. The number of halogens is 1. The maximum absolute atomic E-state index is 8.94. The second-order valence-corrected chi connectivity index (χ2v) is 5.51. The van der Waals surface area contributed by atoms with E-state index in [4.69, 9.17) is 22.2 Å². The lowest BCUT2D eigenvalue weighted by Gasteiger charge is -2.07. The lowest BCUT2D eigenvalue weighted by molar-refractivity contribution is 0.399. The second-order valence-electron chi connectivity index (χ2n) is 4.27. The van der Waals surface area contributed by atoms with Crippen LogP contribution in [-0.4, -0.2) is 21.6 Å². The predicted molar refractivity (Wildman–Crippen MR) is 85.2 cm³/mol. The number of nitrogens with one attached hydrogen (secondary N) is 1. The molecule has 1 N–H and O–H groups in total. The molecular weight excluding hydrogens is 352 g/mol. The Labute approximate surface area is 133 Å². The molecule has 7 heteroatoms. The monoisotopic (exact) mass is 360 g/mol. The van der Waals surface area contributed by atoms with E-state index in [0.29, 0.717) is 21.9 Å². The number of hydrogen-bond acceptors (Lipinski definition) is 4. The van der Waals surface area contributed by atoms with Crippen molar-refractivity contribution in [1.82, 2.24) is 14.5 Å². The predicted octanol–water partition coefficient (Wildman–Crippen LogP) is 3.73. The van der Waals surface area contributed by atoms with Gasteiger partial charge in [-0.1, -0.05) is 0 Å². The fourth-order valence-electron chi connectivity index (χ4n) is 2.06. The Morgan fingerprint density at radius 3 is 2.86 bits per heavy atom. The van der Waals surface area contributed by atoms with Gasteiger partial charge in [0.2, 0.25) is 5.88 Å². The molecule has 2 heterocycles. The van der Waals surface area contributed by atoms with E-state index < -0.39 is 0 Å². The van der Waals surface area contributed by atoms with E-state index in [0.717, 1.165) is 15.7 Å². The van der Waals surface area contributed by atoms with Gasteiger partial charge >= 0.3 is 0 Å². The number of fused-ring (bicyclic) bond motifs is 1. The van der Waals surface area contributed by atoms with Gasteiger partial charge in [0.05, 0.1) is 29.9 Å². The maximum Gasteiger partial charge on any atom is 0.215 e. The van der Waals surface area contributed by atoms with Crippen LogP contribution in [0.15, 0.2) is 34.8 Å². The number of nitrogens with zero attached hydrogens (tertiary/aromatic N) is 3. The van der Waals surface area contributed by atoms with Gasteiger partial charge in [0.25, 0.3) is 0 Å². The first kappa shape index (κ1) is 13.8. The molecule has 2 aromatic heterocycles. The Hall–Kier alpha value is -2.17. The molecule has 0 bridgehead atoms. The summed E-state index contributed by atoms with van der Waals surface area (Å²) in [5, 5.41) is 8.94. The summed E-state index contributed by atoms with van der Waals surface area (Å²) in [5.41, 5.74) is 2.87. The van der Waals surface area contributed by atoms with Gasteiger partial charge in [-0.15, -0.1) is 0 Å². The average Bonchev–Trinajstić information content (AvgIpc) is 2.82. The first-order valence-electron chi connectivity index (χ1n) is 6.00. The molecule has 0 aliphatic carbocycles. The molecular formula is C14H9BrN4OS. The lowest BCUT2D eigenvalue weighted by Crippen LogP contribution is -1.98. The Kier molecular flexibility index (Phi) is 3.49. The summed E-state index contributed by atoms with van der Waals surface area (Å²) >= 11 is 8.85. The van der Waals surface area contributed by atoms with Crippen LogP contribution < -0.4 is 4.74 Å². The number of aromatic nitrogens is 3. The van der Waals surface area contributed by atoms with E-state index in [1.165, 1.54) is 0 Å². The van der Waals surface area contributed by atoms with E-state index in [-0.39, 0.29) is 0 Å². The van der Waals surface area contributed by atoms with Gasteiger partial charge in [-0.2, -0.15) is 10.2 Å². The van der Waals surface area contributed by atoms with Crippen molar-refractivity contribution in [2.24, 2.45) is 0 Å². The van der Waals surface area contributed by atoms with E-state index >= 15 is 0 Å². The van der Waals surface area contributed by atoms with Gasteiger partial charge in [-0.3, -0.25) is 4.57 Å². The van der Waals surface area contributed by atoms with Crippen LogP contribution in [0.1, 0.15) is 5.56 Å². The number of benzene rings is 1. The van der Waals surface area contributed by atoms with Crippen molar-refractivity contribution in [3.63, 3.8) is 0 Å². The number of aromatic amines is 1. The molecule has 0 saturated heterocycles. The summed E-state index contributed by atoms with van der Waals surface area (Å²) in [6.45, 7) is 0. The number of rotatable bonds is 2. The first-order chi connectivity index (χ1) is 10.1. The highest BCUT2D eigenvalue weighted by Crippen LogP contribution is 2.27. The third-order valence-corrected chi connectivity index (χ3v) is 3.95. The number of H-pyrrole nitrogens is 1. The molecule has 1 aromatic carbocycles. The van der Waals surface area contributed by atoms with Crippen molar-refractivity contribution < 1.29 is 4.74 Å². The lowest BCUT2D eigenvalue weighted by atomic mass is 10.2. The number of hydrogen-bond donors (Lipinski definition) is 1. The van der Waals surface area contributed by atoms with Crippen LogP contribution in [0.5, 0.6) is 5.88 Å². The molecule has 0 fully saturated rings. The summed E-state index contributed by atoms with van der Waals surface area (Å²) in [6.07, 6.45) is 0. The highest BCUT2D eigenvalue weighted by molar-refractivity contribution is 9.10. The average molecular weight is 361 g/mol. The molecule has 0 amide bonds. The topological polar surface area (TPSA) is 66.6 Å². The SMILES string of the molecule is COc1ccc2[nH]c(=S)n(-c3ccc(C#N)cc3Br)c2n1. The molecule has 0 radical (unpaired) electrons. The summed E-state index contributed by atoms with van der Waals surface area (Å²) in [7, 11) is 1.57. The molecule has 0 saturated carbocycles. The quantitative estimate of drug-likeness (QED) is 0.707. The fraction of sp³-hybridized carbons (Fsp3) is 0.0714. The number of imidazole rings is 1. The van der Waals surface area contributed by atoms with Crippen LogP contribution >= 0.6 is 28.1 Å². The Balaban J connectivity index is 2.32. The van der Waals surface area contributed by atoms with E-state index in [9.17, 15) is 0 Å². The third kappa shape index (κ3) is 2.33. The highest BCUT2D eigenvalue weighted by atomic mass is 79.9. The van der Waals surface area contributed by atoms with Gasteiger partial charge in [0, 0.05) is 10.5 Å². The van der Waals surface area contributed by atoms with E-state index in [1.807, 2.05) is 12.1 Å². The van der Waals surface area contributed by atoms with E-state index in [2.05, 4.69) is 32.0 Å². The Morgan fingerprint density at radius 1 is 1.38 bits per heavy atom. The molecule has 5 nitrogen and oxygen atoms in total. The van der Waals surface area contributed by atoms with Crippen LogP contribution in [0.3, 0.4) is 0 Å². The largest absolute Gasteiger partial charge is 0.481 e. The number of methoxy groups -OCH3 is 1. The van der Waals surface area contributed by atoms with Gasteiger partial charge in [0.15, 0.2) is 10.4 Å². The van der Waals surface area contributed by atoms with Gasteiger partial charge < -0.3 is 9.72 Å². The van der Waals surface area contributed by atoms with Crippen molar-refractivity contribution in [3.8, 4) is 17.6 Å². The van der Waals surface area contributed by atoms with Crippen molar-refractivity contribution in [3.05, 3.63) is 45.1 Å². The van der Waals surface area contributed by atoms with Crippen LogP contribution in [-0.2, 0) is 0 Å². The van der Waals surface area contributed by atoms with Crippen LogP contribution in [0.2, 0.25) is 0 Å². The summed E-state index contributed by atoms with van der Waals surface area (Å²) in [4.78, 5) is 7.54. The second kappa shape index (κ2) is 5.31. The summed E-state index contributed by atoms with van der Waals surface area (Å²) in [6, 6.07) is 11.0. The number of nitriles is 1. The molecule has 0 atom stereocenters. The molecule has 3 aromatic rings. The number of pyridine rings is 1. The fourth-order valence-corrected chi connectivity index (χ4v) is 2.91. The standard InChI is InChI=1S/C14H9BrN4OS/c1-20-12-5-3-10-13(18-12)19(14(21)17-10)11-4-2-8(7-16)6-9(11)15/h2-6H,1H3,(H,17,21). The molecule has 0 spiro atoms. The molecule has 104 valence electrons. The zero-order valence-corrected chi connectivity index (χ0v) is 13.3. The number of ether oxygens (including phenoxy) is 1. The van der Waals surface area contributed by atoms with Crippen molar-refractivity contribution >= 4 is 39.3 Å². The van der Waals surface area contributed by atoms with Crippen molar-refractivity contribution in [2.75, 3.05) is 7.11 Å². The highest BCUT2D eigenvalue weighted by Gasteiger charge is 2.12. The smallest absolute Gasteiger partial charge is 0.215 e. The normalized spacial score (nSPS) is 10.5. The molecule has 0 unspecified atom stereocenters. The molecule has 0 aliphatic rings. The van der Waals surface area contributed by atoms with Crippen LogP contribution in [0.25, 0.3) is 16.9 Å². The minimum Gasteiger partial charge on any atom is -0.481 e.